The molecule has 0 fully saturated rings. The fraction of sp³-hybridized carbons (Fsp3) is 0.250. The lowest BCUT2D eigenvalue weighted by molar-refractivity contribution is 0.241. The van der Waals surface area contributed by atoms with Crippen molar-refractivity contribution in [2.75, 3.05) is 6.61 Å². The van der Waals surface area contributed by atoms with Crippen LogP contribution in [0.15, 0.2) is 48.5 Å². The van der Waals surface area contributed by atoms with Gasteiger partial charge in [-0.1, -0.05) is 48.0 Å². The maximum atomic E-state index is 9.44. The van der Waals surface area contributed by atoms with Gasteiger partial charge in [0.25, 0.3) is 0 Å². The number of phenolic OH excluding ortho intramolecular Hbond substituents is 1. The molecular formula is C16H18ClNO2. The highest BCUT2D eigenvalue weighted by atomic mass is 35.5. The zero-order chi connectivity index (χ0) is 14.4. The first kappa shape index (κ1) is 14.9. The van der Waals surface area contributed by atoms with Crippen molar-refractivity contribution in [3.05, 3.63) is 64.7 Å². The van der Waals surface area contributed by atoms with E-state index in [9.17, 15) is 10.2 Å². The molecule has 3 N–H and O–H groups in total. The minimum atomic E-state index is -0.00928. The number of aromatic hydroxyl groups is 1. The van der Waals surface area contributed by atoms with Crippen molar-refractivity contribution >= 4 is 11.6 Å². The van der Waals surface area contributed by atoms with Gasteiger partial charge in [-0.25, -0.2) is 0 Å². The second kappa shape index (κ2) is 7.29. The third-order valence-electron chi connectivity index (χ3n) is 3.15. The summed E-state index contributed by atoms with van der Waals surface area (Å²) in [6.07, 6.45) is 0.767. The van der Waals surface area contributed by atoms with Gasteiger partial charge in [0.2, 0.25) is 0 Å². The molecular weight excluding hydrogens is 274 g/mol. The number of hydrogen-bond acceptors (Lipinski definition) is 3. The van der Waals surface area contributed by atoms with Crippen molar-refractivity contribution in [2.24, 2.45) is 0 Å². The van der Waals surface area contributed by atoms with Crippen LogP contribution in [0.25, 0.3) is 0 Å². The van der Waals surface area contributed by atoms with Crippen molar-refractivity contribution in [3.8, 4) is 5.75 Å². The van der Waals surface area contributed by atoms with Crippen LogP contribution in [0.2, 0.25) is 5.02 Å². The van der Waals surface area contributed by atoms with Crippen molar-refractivity contribution in [1.82, 2.24) is 5.32 Å². The summed E-state index contributed by atoms with van der Waals surface area (Å²) >= 11 is 5.87. The third-order valence-corrected chi connectivity index (χ3v) is 3.46. The van der Waals surface area contributed by atoms with Gasteiger partial charge in [-0.05, 0) is 29.7 Å². The molecule has 106 valence electrons. The van der Waals surface area contributed by atoms with E-state index in [1.165, 1.54) is 5.56 Å². The van der Waals surface area contributed by atoms with Crippen LogP contribution in [-0.2, 0) is 13.0 Å². The van der Waals surface area contributed by atoms with Crippen LogP contribution in [-0.4, -0.2) is 22.9 Å². The Morgan fingerprint density at radius 3 is 2.45 bits per heavy atom. The van der Waals surface area contributed by atoms with E-state index >= 15 is 0 Å². The monoisotopic (exact) mass is 291 g/mol. The SMILES string of the molecule is OC[C@H](Cc1ccccc1)NCc1ccc(O)c(Cl)c1. The van der Waals surface area contributed by atoms with Gasteiger partial charge in [-0.3, -0.25) is 0 Å². The van der Waals surface area contributed by atoms with Gasteiger partial charge in [0, 0.05) is 12.6 Å². The van der Waals surface area contributed by atoms with Gasteiger partial charge in [0.05, 0.1) is 11.6 Å². The first-order valence-electron chi connectivity index (χ1n) is 6.54. The molecule has 0 aliphatic carbocycles. The molecule has 0 spiro atoms. The van der Waals surface area contributed by atoms with Crippen LogP contribution < -0.4 is 5.32 Å². The molecule has 0 bridgehead atoms. The minimum Gasteiger partial charge on any atom is -0.506 e. The van der Waals surface area contributed by atoms with E-state index in [-0.39, 0.29) is 18.4 Å². The van der Waals surface area contributed by atoms with E-state index in [0.717, 1.165) is 12.0 Å². The molecule has 0 unspecified atom stereocenters. The fourth-order valence-corrected chi connectivity index (χ4v) is 2.23. The van der Waals surface area contributed by atoms with Gasteiger partial charge in [-0.2, -0.15) is 0 Å². The van der Waals surface area contributed by atoms with Crippen LogP contribution in [0.5, 0.6) is 5.75 Å². The maximum absolute atomic E-state index is 9.44. The molecule has 0 heterocycles. The molecule has 2 aromatic carbocycles. The number of phenols is 1. The summed E-state index contributed by atoms with van der Waals surface area (Å²) in [6, 6.07) is 15.1. The number of aliphatic hydroxyl groups is 1. The summed E-state index contributed by atoms with van der Waals surface area (Å²) in [5.41, 5.74) is 2.15. The Labute approximate surface area is 123 Å². The Kier molecular flexibility index (Phi) is 5.41. The van der Waals surface area contributed by atoms with E-state index in [0.29, 0.717) is 11.6 Å². The van der Waals surface area contributed by atoms with Gasteiger partial charge in [0.1, 0.15) is 5.75 Å². The average molecular weight is 292 g/mol. The molecule has 3 nitrogen and oxygen atoms in total. The predicted molar refractivity (Wildman–Crippen MR) is 81.0 cm³/mol. The van der Waals surface area contributed by atoms with E-state index in [4.69, 9.17) is 11.6 Å². The minimum absolute atomic E-state index is 0.00928. The number of aliphatic hydroxyl groups excluding tert-OH is 1. The zero-order valence-corrected chi connectivity index (χ0v) is 11.8. The molecule has 20 heavy (non-hydrogen) atoms. The van der Waals surface area contributed by atoms with Crippen LogP contribution in [0.3, 0.4) is 0 Å². The van der Waals surface area contributed by atoms with Gasteiger partial charge >= 0.3 is 0 Å². The number of hydrogen-bond donors (Lipinski definition) is 3. The summed E-state index contributed by atoms with van der Waals surface area (Å²) < 4.78 is 0. The number of nitrogens with one attached hydrogen (secondary N) is 1. The molecule has 0 saturated heterocycles. The quantitative estimate of drug-likeness (QED) is 0.767. The van der Waals surface area contributed by atoms with E-state index < -0.39 is 0 Å². The Hall–Kier alpha value is -1.55. The predicted octanol–water partition coefficient (Wildman–Crippen LogP) is 2.74. The Bertz CT molecular complexity index is 545. The Morgan fingerprint density at radius 1 is 1.05 bits per heavy atom. The summed E-state index contributed by atoms with van der Waals surface area (Å²) in [4.78, 5) is 0. The van der Waals surface area contributed by atoms with Crippen LogP contribution in [0.1, 0.15) is 11.1 Å². The van der Waals surface area contributed by atoms with Gasteiger partial charge in [0.15, 0.2) is 0 Å². The van der Waals surface area contributed by atoms with Crippen molar-refractivity contribution in [1.29, 1.82) is 0 Å². The van der Waals surface area contributed by atoms with Crippen molar-refractivity contribution < 1.29 is 10.2 Å². The lowest BCUT2D eigenvalue weighted by Crippen LogP contribution is -2.34. The number of rotatable bonds is 6. The summed E-state index contributed by atoms with van der Waals surface area (Å²) in [5.74, 6) is 0.0819. The summed E-state index contributed by atoms with van der Waals surface area (Å²) in [5, 5.41) is 22.4. The normalized spacial score (nSPS) is 12.3. The molecule has 0 saturated carbocycles. The van der Waals surface area contributed by atoms with Gasteiger partial charge < -0.3 is 15.5 Å². The molecule has 0 aliphatic rings. The lowest BCUT2D eigenvalue weighted by Gasteiger charge is -2.16. The summed E-state index contributed by atoms with van der Waals surface area (Å²) in [7, 11) is 0. The van der Waals surface area contributed by atoms with Crippen LogP contribution in [0.4, 0.5) is 0 Å². The first-order valence-corrected chi connectivity index (χ1v) is 6.92. The zero-order valence-electron chi connectivity index (χ0n) is 11.1. The maximum Gasteiger partial charge on any atom is 0.134 e. The molecule has 0 aliphatic heterocycles. The van der Waals surface area contributed by atoms with E-state index in [1.807, 2.05) is 36.4 Å². The first-order chi connectivity index (χ1) is 9.69. The van der Waals surface area contributed by atoms with Crippen LogP contribution >= 0.6 is 11.6 Å². The Balaban J connectivity index is 1.92. The molecule has 4 heteroatoms. The molecule has 0 aromatic heterocycles. The van der Waals surface area contributed by atoms with Crippen LogP contribution in [0, 0.1) is 0 Å². The average Bonchev–Trinajstić information content (AvgIpc) is 2.48. The second-order valence-electron chi connectivity index (χ2n) is 4.74. The fourth-order valence-electron chi connectivity index (χ4n) is 2.02. The number of benzene rings is 2. The topological polar surface area (TPSA) is 52.5 Å². The third kappa shape index (κ3) is 4.23. The number of halogens is 1. The highest BCUT2D eigenvalue weighted by Crippen LogP contribution is 2.23. The molecule has 0 radical (unpaired) electrons. The standard InChI is InChI=1S/C16H18ClNO2/c17-15-9-13(6-7-16(15)20)10-18-14(11-19)8-12-4-2-1-3-5-12/h1-7,9,14,18-20H,8,10-11H2/t14-/m0/s1. The van der Waals surface area contributed by atoms with Crippen molar-refractivity contribution in [3.63, 3.8) is 0 Å². The highest BCUT2D eigenvalue weighted by Gasteiger charge is 2.08. The summed E-state index contributed by atoms with van der Waals surface area (Å²) in [6.45, 7) is 0.665. The second-order valence-corrected chi connectivity index (χ2v) is 5.14. The Morgan fingerprint density at radius 2 is 1.80 bits per heavy atom. The molecule has 2 rings (SSSR count). The molecule has 1 atom stereocenters. The smallest absolute Gasteiger partial charge is 0.134 e. The van der Waals surface area contributed by atoms with E-state index in [2.05, 4.69) is 5.32 Å². The van der Waals surface area contributed by atoms with E-state index in [1.54, 1.807) is 12.1 Å². The highest BCUT2D eigenvalue weighted by molar-refractivity contribution is 6.32. The lowest BCUT2D eigenvalue weighted by atomic mass is 10.1. The van der Waals surface area contributed by atoms with Crippen molar-refractivity contribution in [2.45, 2.75) is 19.0 Å². The van der Waals surface area contributed by atoms with Gasteiger partial charge in [-0.15, -0.1) is 0 Å². The molecule has 0 amide bonds. The molecule has 2 aromatic rings. The largest absolute Gasteiger partial charge is 0.506 e.